The Morgan fingerprint density at radius 3 is 2.55 bits per heavy atom. The first-order valence-electron chi connectivity index (χ1n) is 6.87. The molecule has 106 valence electrons. The molecule has 6 nitrogen and oxygen atoms in total. The van der Waals surface area contributed by atoms with Gasteiger partial charge in [0.15, 0.2) is 0 Å². The van der Waals surface area contributed by atoms with Crippen molar-refractivity contribution in [3.05, 3.63) is 30.6 Å². The number of carbonyl (C=O) groups excluding carboxylic acids is 1. The van der Waals surface area contributed by atoms with Gasteiger partial charge in [-0.25, -0.2) is 9.97 Å². The summed E-state index contributed by atoms with van der Waals surface area (Å²) in [6.45, 7) is 0.825. The molecule has 3 heterocycles. The third-order valence-corrected chi connectivity index (χ3v) is 4.04. The van der Waals surface area contributed by atoms with Gasteiger partial charge in [0.1, 0.15) is 12.1 Å². The number of hydrogen-bond acceptors (Lipinski definition) is 4. The Bertz CT molecular complexity index is 602. The van der Waals surface area contributed by atoms with Crippen molar-refractivity contribution < 1.29 is 4.79 Å². The molecule has 2 aromatic heterocycles. The lowest BCUT2D eigenvalue weighted by molar-refractivity contribution is -0.111. The van der Waals surface area contributed by atoms with Gasteiger partial charge in [0.05, 0.1) is 6.04 Å². The molecule has 2 atom stereocenters. The molecule has 0 saturated carbocycles. The number of piperidine rings is 1. The lowest BCUT2D eigenvalue weighted by atomic mass is 9.91. The first kappa shape index (κ1) is 12.9. The molecule has 1 fully saturated rings. The second kappa shape index (κ2) is 5.11. The van der Waals surface area contributed by atoms with Crippen molar-refractivity contribution in [2.45, 2.75) is 18.9 Å². The van der Waals surface area contributed by atoms with E-state index in [0.29, 0.717) is 0 Å². The highest BCUT2D eigenvalue weighted by molar-refractivity contribution is 5.55. The topological polar surface area (TPSA) is 56.0 Å². The number of anilines is 1. The zero-order chi connectivity index (χ0) is 14.1. The Labute approximate surface area is 118 Å². The van der Waals surface area contributed by atoms with Gasteiger partial charge in [0, 0.05) is 51.3 Å². The van der Waals surface area contributed by atoms with Gasteiger partial charge in [-0.15, -0.1) is 0 Å². The first-order chi connectivity index (χ1) is 9.70. The molecular formula is C14H19N5O. The highest BCUT2D eigenvalue weighted by atomic mass is 16.1. The highest BCUT2D eigenvalue weighted by Gasteiger charge is 2.33. The maximum absolute atomic E-state index is 11.2. The molecule has 0 radical (unpaired) electrons. The number of rotatable bonds is 3. The molecule has 0 bridgehead atoms. The van der Waals surface area contributed by atoms with E-state index >= 15 is 0 Å². The molecule has 20 heavy (non-hydrogen) atoms. The van der Waals surface area contributed by atoms with Crippen molar-refractivity contribution in [3.63, 3.8) is 0 Å². The SMILES string of the molecule is Cn1ccnc1C1CC(C=O)CCN1c1nccn1C. The van der Waals surface area contributed by atoms with Gasteiger partial charge >= 0.3 is 0 Å². The second-order valence-electron chi connectivity index (χ2n) is 5.36. The van der Waals surface area contributed by atoms with Crippen LogP contribution >= 0.6 is 0 Å². The van der Waals surface area contributed by atoms with Crippen molar-refractivity contribution in [1.82, 2.24) is 19.1 Å². The summed E-state index contributed by atoms with van der Waals surface area (Å²) >= 11 is 0. The predicted molar refractivity (Wildman–Crippen MR) is 75.3 cm³/mol. The Kier molecular flexibility index (Phi) is 3.30. The minimum absolute atomic E-state index is 0.0973. The number of hydrogen-bond donors (Lipinski definition) is 0. The average Bonchev–Trinajstić information content (AvgIpc) is 3.06. The summed E-state index contributed by atoms with van der Waals surface area (Å²) in [6, 6.07) is 0.0973. The first-order valence-corrected chi connectivity index (χ1v) is 6.87. The summed E-state index contributed by atoms with van der Waals surface area (Å²) in [4.78, 5) is 22.3. The fourth-order valence-electron chi connectivity index (χ4n) is 2.93. The van der Waals surface area contributed by atoms with Crippen LogP contribution in [0.25, 0.3) is 0 Å². The summed E-state index contributed by atoms with van der Waals surface area (Å²) in [5.41, 5.74) is 0. The van der Waals surface area contributed by atoms with E-state index in [2.05, 4.69) is 14.9 Å². The van der Waals surface area contributed by atoms with E-state index in [-0.39, 0.29) is 12.0 Å². The summed E-state index contributed by atoms with van der Waals surface area (Å²) in [5.74, 6) is 2.02. The predicted octanol–water partition coefficient (Wildman–Crippen LogP) is 1.31. The van der Waals surface area contributed by atoms with Crippen LogP contribution in [0.4, 0.5) is 5.95 Å². The lowest BCUT2D eigenvalue weighted by Gasteiger charge is -2.38. The zero-order valence-corrected chi connectivity index (χ0v) is 11.8. The third kappa shape index (κ3) is 2.11. The normalized spacial score (nSPS) is 23.0. The number of nitrogens with zero attached hydrogens (tertiary/aromatic N) is 5. The third-order valence-electron chi connectivity index (χ3n) is 4.04. The van der Waals surface area contributed by atoms with Gasteiger partial charge in [-0.2, -0.15) is 0 Å². The number of carbonyl (C=O) groups is 1. The molecule has 0 amide bonds. The van der Waals surface area contributed by atoms with Crippen LogP contribution in [-0.4, -0.2) is 31.9 Å². The number of aromatic nitrogens is 4. The van der Waals surface area contributed by atoms with Gasteiger partial charge in [-0.3, -0.25) is 0 Å². The van der Waals surface area contributed by atoms with E-state index in [1.165, 1.54) is 0 Å². The van der Waals surface area contributed by atoms with Crippen LogP contribution in [0.5, 0.6) is 0 Å². The van der Waals surface area contributed by atoms with Crippen molar-refractivity contribution in [1.29, 1.82) is 0 Å². The lowest BCUT2D eigenvalue weighted by Crippen LogP contribution is -2.39. The molecule has 6 heteroatoms. The van der Waals surface area contributed by atoms with E-state index in [9.17, 15) is 4.79 Å². The van der Waals surface area contributed by atoms with Crippen LogP contribution in [0.3, 0.4) is 0 Å². The fourth-order valence-corrected chi connectivity index (χ4v) is 2.93. The molecule has 0 spiro atoms. The Morgan fingerprint density at radius 1 is 1.20 bits per heavy atom. The second-order valence-corrected chi connectivity index (χ2v) is 5.36. The Balaban J connectivity index is 1.97. The standard InChI is InChI=1S/C14H19N5O/c1-17-7-4-15-13(17)12-9-11(10-20)3-6-19(12)14-16-5-8-18(14)2/h4-5,7-8,10-12H,3,6,9H2,1-2H3. The van der Waals surface area contributed by atoms with Crippen LogP contribution in [0, 0.1) is 5.92 Å². The minimum Gasteiger partial charge on any atom is -0.336 e. The van der Waals surface area contributed by atoms with E-state index in [4.69, 9.17) is 0 Å². The zero-order valence-electron chi connectivity index (χ0n) is 11.8. The molecule has 1 aliphatic heterocycles. The van der Waals surface area contributed by atoms with Crippen molar-refractivity contribution >= 4 is 12.2 Å². The van der Waals surface area contributed by atoms with Crippen LogP contribution in [0.2, 0.25) is 0 Å². The van der Waals surface area contributed by atoms with E-state index < -0.39 is 0 Å². The number of aldehydes is 1. The van der Waals surface area contributed by atoms with Gasteiger partial charge < -0.3 is 18.8 Å². The number of aryl methyl sites for hydroxylation is 2. The minimum atomic E-state index is 0.0973. The largest absolute Gasteiger partial charge is 0.336 e. The maximum atomic E-state index is 11.2. The Hall–Kier alpha value is -2.11. The van der Waals surface area contributed by atoms with Crippen LogP contribution in [-0.2, 0) is 18.9 Å². The van der Waals surface area contributed by atoms with Gasteiger partial charge in [-0.05, 0) is 12.8 Å². The van der Waals surface area contributed by atoms with Crippen molar-refractivity contribution in [3.8, 4) is 0 Å². The van der Waals surface area contributed by atoms with E-state index in [0.717, 1.165) is 37.4 Å². The van der Waals surface area contributed by atoms with Crippen LogP contribution in [0.15, 0.2) is 24.8 Å². The fraction of sp³-hybridized carbons (Fsp3) is 0.500. The molecule has 2 unspecified atom stereocenters. The summed E-state index contributed by atoms with van der Waals surface area (Å²) in [6.07, 6.45) is 10.2. The summed E-state index contributed by atoms with van der Waals surface area (Å²) in [7, 11) is 3.98. The molecule has 0 aromatic carbocycles. The molecule has 0 N–H and O–H groups in total. The average molecular weight is 273 g/mol. The molecule has 1 aliphatic rings. The Morgan fingerprint density at radius 2 is 1.95 bits per heavy atom. The van der Waals surface area contributed by atoms with Gasteiger partial charge in [0.2, 0.25) is 5.95 Å². The molecule has 3 rings (SSSR count). The summed E-state index contributed by atoms with van der Waals surface area (Å²) in [5, 5.41) is 0. The summed E-state index contributed by atoms with van der Waals surface area (Å²) < 4.78 is 4.03. The van der Waals surface area contributed by atoms with E-state index in [1.807, 2.05) is 35.6 Å². The monoisotopic (exact) mass is 273 g/mol. The highest BCUT2D eigenvalue weighted by Crippen LogP contribution is 2.35. The number of imidazole rings is 2. The van der Waals surface area contributed by atoms with Gasteiger partial charge in [0.25, 0.3) is 0 Å². The molecule has 1 saturated heterocycles. The van der Waals surface area contributed by atoms with Crippen LogP contribution < -0.4 is 4.90 Å². The van der Waals surface area contributed by atoms with Crippen LogP contribution in [0.1, 0.15) is 24.7 Å². The van der Waals surface area contributed by atoms with Crippen molar-refractivity contribution in [2.75, 3.05) is 11.4 Å². The van der Waals surface area contributed by atoms with Gasteiger partial charge in [-0.1, -0.05) is 0 Å². The van der Waals surface area contributed by atoms with E-state index in [1.54, 1.807) is 12.4 Å². The quantitative estimate of drug-likeness (QED) is 0.791. The molecule has 2 aromatic rings. The maximum Gasteiger partial charge on any atom is 0.205 e. The van der Waals surface area contributed by atoms with Crippen molar-refractivity contribution in [2.24, 2.45) is 20.0 Å². The smallest absolute Gasteiger partial charge is 0.205 e. The molecule has 0 aliphatic carbocycles. The molecular weight excluding hydrogens is 254 g/mol.